The highest BCUT2D eigenvalue weighted by Gasteiger charge is 2.17. The summed E-state index contributed by atoms with van der Waals surface area (Å²) in [6.45, 7) is 2.80. The number of hydrogen-bond acceptors (Lipinski definition) is 2. The lowest BCUT2D eigenvalue weighted by atomic mass is 10.0. The Bertz CT molecular complexity index is 129. The third-order valence-corrected chi connectivity index (χ3v) is 3.07. The SMILES string of the molecule is O=CCN1CCC[C@@H](CBr)C1. The van der Waals surface area contributed by atoms with Gasteiger partial charge in [0.15, 0.2) is 0 Å². The van der Waals surface area contributed by atoms with Gasteiger partial charge >= 0.3 is 0 Å². The Morgan fingerprint density at radius 1 is 1.64 bits per heavy atom. The van der Waals surface area contributed by atoms with Gasteiger partial charge in [0.25, 0.3) is 0 Å². The summed E-state index contributed by atoms with van der Waals surface area (Å²) in [7, 11) is 0. The van der Waals surface area contributed by atoms with Gasteiger partial charge < -0.3 is 4.79 Å². The van der Waals surface area contributed by atoms with Gasteiger partial charge in [0.1, 0.15) is 6.29 Å². The van der Waals surface area contributed by atoms with Crippen molar-refractivity contribution in [2.24, 2.45) is 5.92 Å². The van der Waals surface area contributed by atoms with Crippen molar-refractivity contribution in [3.05, 3.63) is 0 Å². The zero-order valence-electron chi connectivity index (χ0n) is 6.63. The van der Waals surface area contributed by atoms with E-state index in [9.17, 15) is 4.79 Å². The predicted octanol–water partition coefficient (Wildman–Crippen LogP) is 1.29. The summed E-state index contributed by atoms with van der Waals surface area (Å²) in [5.74, 6) is 0.753. The topological polar surface area (TPSA) is 20.3 Å². The summed E-state index contributed by atoms with van der Waals surface area (Å²) in [5.41, 5.74) is 0. The Morgan fingerprint density at radius 2 is 2.45 bits per heavy atom. The molecule has 64 valence electrons. The normalized spacial score (nSPS) is 26.8. The van der Waals surface area contributed by atoms with Gasteiger partial charge in [-0.15, -0.1) is 0 Å². The Kier molecular flexibility index (Phi) is 4.08. The first-order valence-electron chi connectivity index (χ1n) is 4.08. The van der Waals surface area contributed by atoms with Crippen LogP contribution in [0.15, 0.2) is 0 Å². The monoisotopic (exact) mass is 219 g/mol. The fraction of sp³-hybridized carbons (Fsp3) is 0.875. The molecule has 0 spiro atoms. The molecule has 1 saturated heterocycles. The second-order valence-corrected chi connectivity index (χ2v) is 3.74. The van der Waals surface area contributed by atoms with Gasteiger partial charge in [-0.2, -0.15) is 0 Å². The Labute approximate surface area is 76.1 Å². The first-order chi connectivity index (χ1) is 5.36. The van der Waals surface area contributed by atoms with Crippen molar-refractivity contribution in [3.8, 4) is 0 Å². The van der Waals surface area contributed by atoms with E-state index < -0.39 is 0 Å². The molecule has 0 radical (unpaired) electrons. The molecule has 1 atom stereocenters. The molecule has 1 aliphatic rings. The van der Waals surface area contributed by atoms with E-state index in [-0.39, 0.29) is 0 Å². The van der Waals surface area contributed by atoms with E-state index in [1.54, 1.807) is 0 Å². The molecule has 2 nitrogen and oxygen atoms in total. The lowest BCUT2D eigenvalue weighted by molar-refractivity contribution is -0.109. The molecule has 0 unspecified atom stereocenters. The van der Waals surface area contributed by atoms with Crippen LogP contribution < -0.4 is 0 Å². The minimum Gasteiger partial charge on any atom is -0.302 e. The average molecular weight is 220 g/mol. The summed E-state index contributed by atoms with van der Waals surface area (Å²) < 4.78 is 0. The van der Waals surface area contributed by atoms with Crippen LogP contribution in [0.25, 0.3) is 0 Å². The number of nitrogens with zero attached hydrogens (tertiary/aromatic N) is 1. The maximum atomic E-state index is 10.2. The number of rotatable bonds is 3. The van der Waals surface area contributed by atoms with Crippen LogP contribution in [0.3, 0.4) is 0 Å². The number of piperidine rings is 1. The van der Waals surface area contributed by atoms with Gasteiger partial charge in [-0.25, -0.2) is 0 Å². The van der Waals surface area contributed by atoms with Gasteiger partial charge in [0.05, 0.1) is 6.54 Å². The lowest BCUT2D eigenvalue weighted by Gasteiger charge is -2.30. The lowest BCUT2D eigenvalue weighted by Crippen LogP contribution is -2.37. The summed E-state index contributed by atoms with van der Waals surface area (Å²) >= 11 is 3.47. The summed E-state index contributed by atoms with van der Waals surface area (Å²) in [4.78, 5) is 12.4. The molecule has 0 aromatic rings. The molecule has 1 fully saturated rings. The van der Waals surface area contributed by atoms with Crippen LogP contribution in [0.5, 0.6) is 0 Å². The van der Waals surface area contributed by atoms with E-state index in [1.807, 2.05) is 0 Å². The molecule has 3 heteroatoms. The number of carbonyl (C=O) groups is 1. The van der Waals surface area contributed by atoms with Crippen molar-refractivity contribution in [2.45, 2.75) is 12.8 Å². The van der Waals surface area contributed by atoms with Gasteiger partial charge in [0.2, 0.25) is 0 Å². The third kappa shape index (κ3) is 2.91. The van der Waals surface area contributed by atoms with E-state index in [4.69, 9.17) is 0 Å². The standard InChI is InChI=1S/C8H14BrNO/c9-6-8-2-1-3-10(7-8)4-5-11/h5,8H,1-4,6-7H2/t8-/m0/s1. The fourth-order valence-electron chi connectivity index (χ4n) is 1.55. The van der Waals surface area contributed by atoms with Gasteiger partial charge in [-0.3, -0.25) is 4.90 Å². The zero-order valence-corrected chi connectivity index (χ0v) is 8.22. The van der Waals surface area contributed by atoms with Crippen LogP contribution in [0, 0.1) is 5.92 Å². The van der Waals surface area contributed by atoms with Crippen molar-refractivity contribution < 1.29 is 4.79 Å². The molecule has 0 amide bonds. The average Bonchev–Trinajstić information content (AvgIpc) is 2.06. The van der Waals surface area contributed by atoms with Crippen LogP contribution in [0.4, 0.5) is 0 Å². The van der Waals surface area contributed by atoms with Crippen LogP contribution >= 0.6 is 15.9 Å². The predicted molar refractivity (Wildman–Crippen MR) is 49.0 cm³/mol. The minimum absolute atomic E-state index is 0.615. The van der Waals surface area contributed by atoms with Crippen LogP contribution in [-0.4, -0.2) is 36.2 Å². The van der Waals surface area contributed by atoms with Crippen molar-refractivity contribution in [3.63, 3.8) is 0 Å². The third-order valence-electron chi connectivity index (χ3n) is 2.15. The minimum atomic E-state index is 0.615. The first kappa shape index (κ1) is 9.20. The molecule has 1 aliphatic heterocycles. The summed E-state index contributed by atoms with van der Waals surface area (Å²) in [6, 6.07) is 0. The number of likely N-dealkylation sites (tertiary alicyclic amines) is 1. The van der Waals surface area contributed by atoms with Gasteiger partial charge in [-0.1, -0.05) is 15.9 Å². The highest BCUT2D eigenvalue weighted by molar-refractivity contribution is 9.09. The molecule has 0 N–H and O–H groups in total. The van der Waals surface area contributed by atoms with Crippen molar-refractivity contribution in [1.82, 2.24) is 4.90 Å². The number of carbonyl (C=O) groups excluding carboxylic acids is 1. The molecule has 11 heavy (non-hydrogen) atoms. The number of halogens is 1. The van der Waals surface area contributed by atoms with Crippen LogP contribution in [0.1, 0.15) is 12.8 Å². The number of hydrogen-bond donors (Lipinski definition) is 0. The Hall–Kier alpha value is 0.110. The van der Waals surface area contributed by atoms with E-state index >= 15 is 0 Å². The fourth-order valence-corrected chi connectivity index (χ4v) is 2.08. The second-order valence-electron chi connectivity index (χ2n) is 3.09. The molecule has 1 rings (SSSR count). The molecular formula is C8H14BrNO. The molecule has 0 saturated carbocycles. The summed E-state index contributed by atoms with van der Waals surface area (Å²) in [6.07, 6.45) is 3.54. The van der Waals surface area contributed by atoms with E-state index in [0.717, 1.165) is 30.6 Å². The molecule has 0 aliphatic carbocycles. The second kappa shape index (κ2) is 4.88. The van der Waals surface area contributed by atoms with E-state index in [1.165, 1.54) is 12.8 Å². The van der Waals surface area contributed by atoms with Crippen molar-refractivity contribution in [1.29, 1.82) is 0 Å². The zero-order chi connectivity index (χ0) is 8.10. The quantitative estimate of drug-likeness (QED) is 0.527. The molecular weight excluding hydrogens is 206 g/mol. The van der Waals surface area contributed by atoms with Gasteiger partial charge in [-0.05, 0) is 25.3 Å². The summed E-state index contributed by atoms with van der Waals surface area (Å²) in [5, 5.41) is 1.07. The highest BCUT2D eigenvalue weighted by atomic mass is 79.9. The molecule has 0 aromatic carbocycles. The largest absolute Gasteiger partial charge is 0.302 e. The van der Waals surface area contributed by atoms with Crippen LogP contribution in [-0.2, 0) is 4.79 Å². The number of aldehydes is 1. The van der Waals surface area contributed by atoms with E-state index in [0.29, 0.717) is 6.54 Å². The van der Waals surface area contributed by atoms with Crippen molar-refractivity contribution >= 4 is 22.2 Å². The highest BCUT2D eigenvalue weighted by Crippen LogP contribution is 2.17. The van der Waals surface area contributed by atoms with E-state index in [2.05, 4.69) is 20.8 Å². The Balaban J connectivity index is 2.27. The molecule has 0 bridgehead atoms. The molecule has 0 aromatic heterocycles. The molecule has 1 heterocycles. The van der Waals surface area contributed by atoms with Crippen molar-refractivity contribution in [2.75, 3.05) is 25.0 Å². The van der Waals surface area contributed by atoms with Crippen LogP contribution in [0.2, 0.25) is 0 Å². The smallest absolute Gasteiger partial charge is 0.133 e. The maximum absolute atomic E-state index is 10.2. The van der Waals surface area contributed by atoms with Gasteiger partial charge in [0, 0.05) is 11.9 Å². The maximum Gasteiger partial charge on any atom is 0.133 e. The number of alkyl halides is 1. The Morgan fingerprint density at radius 3 is 3.09 bits per heavy atom. The first-order valence-corrected chi connectivity index (χ1v) is 5.21.